The summed E-state index contributed by atoms with van der Waals surface area (Å²) in [6.45, 7) is 0.406. The van der Waals surface area contributed by atoms with Gasteiger partial charge < -0.3 is 15.6 Å². The second-order valence-electron chi connectivity index (χ2n) is 4.18. The lowest BCUT2D eigenvalue weighted by Gasteiger charge is -2.02. The molecule has 0 fully saturated rings. The first-order chi connectivity index (χ1) is 9.15. The second kappa shape index (κ2) is 5.86. The zero-order chi connectivity index (χ0) is 13.7. The molecule has 5 heteroatoms. The fourth-order valence-corrected chi connectivity index (χ4v) is 1.63. The maximum atomic E-state index is 11.6. The maximum Gasteiger partial charge on any atom is 0.244 e. The molecule has 3 N–H and O–H groups in total. The Kier molecular flexibility index (Phi) is 3.97. The smallest absolute Gasteiger partial charge is 0.244 e. The second-order valence-corrected chi connectivity index (χ2v) is 4.18. The third-order valence-corrected chi connectivity index (χ3v) is 2.68. The van der Waals surface area contributed by atoms with Crippen molar-refractivity contribution in [1.29, 1.82) is 0 Å². The Balaban J connectivity index is 1.89. The average Bonchev–Trinajstić information content (AvgIpc) is 2.80. The number of hydrogen-bond acceptors (Lipinski definition) is 3. The molecule has 0 unspecified atom stereocenters. The quantitative estimate of drug-likeness (QED) is 0.640. The van der Waals surface area contributed by atoms with Gasteiger partial charge in [-0.3, -0.25) is 4.79 Å². The van der Waals surface area contributed by atoms with Gasteiger partial charge in [0.1, 0.15) is 5.82 Å². The molecule has 0 radical (unpaired) electrons. The van der Waals surface area contributed by atoms with Crippen molar-refractivity contribution in [2.75, 3.05) is 5.73 Å². The van der Waals surface area contributed by atoms with Gasteiger partial charge in [0.05, 0.1) is 6.54 Å². The summed E-state index contributed by atoms with van der Waals surface area (Å²) in [6, 6.07) is 7.35. The van der Waals surface area contributed by atoms with Gasteiger partial charge in [-0.2, -0.15) is 0 Å². The molecule has 0 saturated carbocycles. The van der Waals surface area contributed by atoms with E-state index < -0.39 is 0 Å². The zero-order valence-electron chi connectivity index (χ0n) is 10.7. The van der Waals surface area contributed by atoms with Gasteiger partial charge in [-0.1, -0.05) is 12.1 Å². The molecule has 0 aliphatic heterocycles. The van der Waals surface area contributed by atoms with E-state index in [0.29, 0.717) is 12.2 Å². The van der Waals surface area contributed by atoms with Gasteiger partial charge in [0.25, 0.3) is 0 Å². The van der Waals surface area contributed by atoms with E-state index in [1.807, 2.05) is 36.0 Å². The number of nitrogens with two attached hydrogens (primary N) is 1. The summed E-state index contributed by atoms with van der Waals surface area (Å²) in [4.78, 5) is 15.8. The number of rotatable bonds is 4. The third kappa shape index (κ3) is 3.70. The number of benzene rings is 1. The van der Waals surface area contributed by atoms with Crippen LogP contribution in [0, 0.1) is 0 Å². The summed E-state index contributed by atoms with van der Waals surface area (Å²) in [5.74, 6) is 0.649. The van der Waals surface area contributed by atoms with Crippen molar-refractivity contribution in [3.63, 3.8) is 0 Å². The zero-order valence-corrected chi connectivity index (χ0v) is 10.7. The molecule has 0 aliphatic rings. The number of imidazole rings is 1. The van der Waals surface area contributed by atoms with Crippen LogP contribution in [0.1, 0.15) is 11.4 Å². The Hall–Kier alpha value is -2.56. The van der Waals surface area contributed by atoms with Crippen LogP contribution in [0.4, 0.5) is 5.69 Å². The fourth-order valence-electron chi connectivity index (χ4n) is 1.63. The molecule has 19 heavy (non-hydrogen) atoms. The first-order valence-electron chi connectivity index (χ1n) is 5.93. The lowest BCUT2D eigenvalue weighted by atomic mass is 10.2. The highest BCUT2D eigenvalue weighted by molar-refractivity contribution is 5.91. The summed E-state index contributed by atoms with van der Waals surface area (Å²) < 4.78 is 1.86. The van der Waals surface area contributed by atoms with Crippen molar-refractivity contribution >= 4 is 17.7 Å². The van der Waals surface area contributed by atoms with Gasteiger partial charge in [-0.15, -0.1) is 0 Å². The van der Waals surface area contributed by atoms with Crippen LogP contribution < -0.4 is 11.1 Å². The Morgan fingerprint density at radius 1 is 1.53 bits per heavy atom. The Morgan fingerprint density at radius 3 is 3.05 bits per heavy atom. The topological polar surface area (TPSA) is 72.9 Å². The summed E-state index contributed by atoms with van der Waals surface area (Å²) in [5, 5.41) is 2.77. The minimum Gasteiger partial charge on any atom is -0.399 e. The SMILES string of the molecule is Cn1ccnc1CNC(=O)/C=C/c1cccc(N)c1. The molecule has 1 aromatic carbocycles. The van der Waals surface area contributed by atoms with E-state index >= 15 is 0 Å². The number of aryl methyl sites for hydroxylation is 1. The largest absolute Gasteiger partial charge is 0.399 e. The summed E-state index contributed by atoms with van der Waals surface area (Å²) in [6.07, 6.45) is 6.75. The molecule has 0 bridgehead atoms. The number of carbonyl (C=O) groups is 1. The maximum absolute atomic E-state index is 11.6. The van der Waals surface area contributed by atoms with Gasteiger partial charge in [0, 0.05) is 31.2 Å². The van der Waals surface area contributed by atoms with Crippen molar-refractivity contribution in [1.82, 2.24) is 14.9 Å². The molecule has 2 rings (SSSR count). The standard InChI is InChI=1S/C14H16N4O/c1-18-8-7-16-13(18)10-17-14(19)6-5-11-3-2-4-12(15)9-11/h2-9H,10,15H2,1H3,(H,17,19)/b6-5+. The minimum atomic E-state index is -0.162. The number of nitrogen functional groups attached to an aromatic ring is 1. The molecule has 0 aliphatic carbocycles. The van der Waals surface area contributed by atoms with E-state index in [-0.39, 0.29) is 5.91 Å². The van der Waals surface area contributed by atoms with Crippen molar-refractivity contribution in [3.05, 3.63) is 54.1 Å². The summed E-state index contributed by atoms with van der Waals surface area (Å²) in [5.41, 5.74) is 7.23. The molecule has 0 spiro atoms. The third-order valence-electron chi connectivity index (χ3n) is 2.68. The monoisotopic (exact) mass is 256 g/mol. The number of nitrogens with zero attached hydrogens (tertiary/aromatic N) is 2. The Morgan fingerprint density at radius 2 is 2.37 bits per heavy atom. The van der Waals surface area contributed by atoms with Crippen molar-refractivity contribution < 1.29 is 4.79 Å². The van der Waals surface area contributed by atoms with Crippen molar-refractivity contribution in [3.8, 4) is 0 Å². The minimum absolute atomic E-state index is 0.162. The van der Waals surface area contributed by atoms with E-state index in [1.54, 1.807) is 18.3 Å². The molecule has 1 heterocycles. The predicted molar refractivity (Wildman–Crippen MR) is 74.9 cm³/mol. The van der Waals surface area contributed by atoms with Crippen LogP contribution in [0.5, 0.6) is 0 Å². The highest BCUT2D eigenvalue weighted by Crippen LogP contribution is 2.07. The van der Waals surface area contributed by atoms with Crippen LogP contribution in [0.15, 0.2) is 42.7 Å². The van der Waals surface area contributed by atoms with Gasteiger partial charge in [-0.25, -0.2) is 4.98 Å². The lowest BCUT2D eigenvalue weighted by molar-refractivity contribution is -0.116. The molecule has 0 saturated heterocycles. The highest BCUT2D eigenvalue weighted by Gasteiger charge is 2.00. The fraction of sp³-hybridized carbons (Fsp3) is 0.143. The summed E-state index contributed by atoms with van der Waals surface area (Å²) >= 11 is 0. The van der Waals surface area contributed by atoms with Crippen LogP contribution in [0.2, 0.25) is 0 Å². The summed E-state index contributed by atoms with van der Waals surface area (Å²) in [7, 11) is 1.89. The van der Waals surface area contributed by atoms with Gasteiger partial charge in [-0.05, 0) is 23.8 Å². The molecular weight excluding hydrogens is 240 g/mol. The van der Waals surface area contributed by atoms with E-state index in [1.165, 1.54) is 6.08 Å². The highest BCUT2D eigenvalue weighted by atomic mass is 16.1. The number of carbonyl (C=O) groups excluding carboxylic acids is 1. The first-order valence-corrected chi connectivity index (χ1v) is 5.93. The van der Waals surface area contributed by atoms with Crippen LogP contribution >= 0.6 is 0 Å². The molecule has 1 amide bonds. The number of amides is 1. The number of hydrogen-bond donors (Lipinski definition) is 2. The predicted octanol–water partition coefficient (Wildman–Crippen LogP) is 1.33. The molecule has 0 atom stereocenters. The van der Waals surface area contributed by atoms with E-state index in [9.17, 15) is 4.79 Å². The van der Waals surface area contributed by atoms with E-state index in [4.69, 9.17) is 5.73 Å². The molecule has 2 aromatic rings. The Bertz CT molecular complexity index is 601. The average molecular weight is 256 g/mol. The van der Waals surface area contributed by atoms with Crippen molar-refractivity contribution in [2.45, 2.75) is 6.54 Å². The normalized spacial score (nSPS) is 10.8. The van der Waals surface area contributed by atoms with Crippen LogP contribution in [0.25, 0.3) is 6.08 Å². The lowest BCUT2D eigenvalue weighted by Crippen LogP contribution is -2.22. The van der Waals surface area contributed by atoms with Crippen LogP contribution in [-0.2, 0) is 18.4 Å². The molecule has 98 valence electrons. The molecule has 5 nitrogen and oxygen atoms in total. The van der Waals surface area contributed by atoms with E-state index in [0.717, 1.165) is 11.4 Å². The number of anilines is 1. The van der Waals surface area contributed by atoms with Gasteiger partial charge in [0.2, 0.25) is 5.91 Å². The molecule has 1 aromatic heterocycles. The van der Waals surface area contributed by atoms with Gasteiger partial charge >= 0.3 is 0 Å². The van der Waals surface area contributed by atoms with Crippen molar-refractivity contribution in [2.24, 2.45) is 7.05 Å². The van der Waals surface area contributed by atoms with Gasteiger partial charge in [0.15, 0.2) is 0 Å². The first kappa shape index (κ1) is 12.9. The van der Waals surface area contributed by atoms with Crippen LogP contribution in [-0.4, -0.2) is 15.5 Å². The van der Waals surface area contributed by atoms with Crippen LogP contribution in [0.3, 0.4) is 0 Å². The van der Waals surface area contributed by atoms with E-state index in [2.05, 4.69) is 10.3 Å². The Labute approximate surface area is 111 Å². The molecular formula is C14H16N4O. The number of aromatic nitrogens is 2. The number of nitrogens with one attached hydrogen (secondary N) is 1.